The van der Waals surface area contributed by atoms with Crippen LogP contribution in [0, 0.1) is 5.92 Å². The van der Waals surface area contributed by atoms with Crippen LogP contribution in [0.15, 0.2) is 18.6 Å². The zero-order chi connectivity index (χ0) is 18.5. The van der Waals surface area contributed by atoms with Gasteiger partial charge in [0.1, 0.15) is 12.1 Å². The number of carbonyl (C=O) groups excluding carboxylic acids is 1. The Morgan fingerprint density at radius 1 is 1.46 bits per heavy atom. The first-order chi connectivity index (χ1) is 12.6. The van der Waals surface area contributed by atoms with Gasteiger partial charge in [0.25, 0.3) is 0 Å². The molecule has 1 aliphatic heterocycles. The van der Waals surface area contributed by atoms with Gasteiger partial charge in [0.05, 0.1) is 18.5 Å². The lowest BCUT2D eigenvalue weighted by Gasteiger charge is -2.18. The topological polar surface area (TPSA) is 96.0 Å². The average Bonchev–Trinajstić information content (AvgIpc) is 3.29. The molecule has 2 aromatic rings. The first kappa shape index (κ1) is 18.3. The van der Waals surface area contributed by atoms with E-state index in [-0.39, 0.29) is 11.8 Å². The van der Waals surface area contributed by atoms with E-state index in [0.717, 1.165) is 42.3 Å². The number of carbonyl (C=O) groups is 1. The van der Waals surface area contributed by atoms with Crippen molar-refractivity contribution in [2.24, 2.45) is 5.92 Å². The zero-order valence-electron chi connectivity index (χ0n) is 15.5. The molecule has 0 saturated carbocycles. The Labute approximate surface area is 153 Å². The van der Waals surface area contributed by atoms with E-state index in [0.29, 0.717) is 19.1 Å². The minimum absolute atomic E-state index is 0.0219. The largest absolute Gasteiger partial charge is 0.378 e. The van der Waals surface area contributed by atoms with Gasteiger partial charge in [-0.15, -0.1) is 0 Å². The lowest BCUT2D eigenvalue weighted by Crippen LogP contribution is -2.27. The van der Waals surface area contributed by atoms with Crippen LogP contribution < -0.4 is 10.2 Å². The highest BCUT2D eigenvalue weighted by Gasteiger charge is 2.28. The van der Waals surface area contributed by atoms with E-state index in [1.807, 2.05) is 19.9 Å². The molecule has 0 spiro atoms. The summed E-state index contributed by atoms with van der Waals surface area (Å²) in [5, 5.41) is 10.3. The molecule has 26 heavy (non-hydrogen) atoms. The van der Waals surface area contributed by atoms with Crippen LogP contribution in [-0.4, -0.2) is 46.3 Å². The fourth-order valence-corrected chi connectivity index (χ4v) is 3.19. The summed E-state index contributed by atoms with van der Waals surface area (Å²) in [6.07, 6.45) is 4.40. The lowest BCUT2D eigenvalue weighted by atomic mass is 10.0. The predicted octanol–water partition coefficient (Wildman–Crippen LogP) is 1.61. The smallest absolute Gasteiger partial charge is 0.222 e. The van der Waals surface area contributed by atoms with Crippen LogP contribution in [0.3, 0.4) is 0 Å². The van der Waals surface area contributed by atoms with Crippen LogP contribution in [0.4, 0.5) is 5.82 Å². The third-order valence-corrected chi connectivity index (χ3v) is 4.65. The van der Waals surface area contributed by atoms with Gasteiger partial charge in [-0.2, -0.15) is 5.10 Å². The van der Waals surface area contributed by atoms with Crippen molar-refractivity contribution in [1.82, 2.24) is 25.5 Å². The van der Waals surface area contributed by atoms with Crippen molar-refractivity contribution in [2.75, 3.05) is 25.1 Å². The van der Waals surface area contributed by atoms with Crippen molar-refractivity contribution in [1.29, 1.82) is 0 Å². The highest BCUT2D eigenvalue weighted by atomic mass is 16.5. The number of H-pyrrole nitrogens is 1. The Morgan fingerprint density at radius 2 is 2.31 bits per heavy atom. The first-order valence-electron chi connectivity index (χ1n) is 8.93. The molecular weight excluding hydrogens is 332 g/mol. The lowest BCUT2D eigenvalue weighted by molar-refractivity contribution is -0.124. The fourth-order valence-electron chi connectivity index (χ4n) is 3.19. The summed E-state index contributed by atoms with van der Waals surface area (Å²) in [7, 11) is 1.66. The minimum Gasteiger partial charge on any atom is -0.378 e. The molecular formula is C18H26N6O2. The van der Waals surface area contributed by atoms with Gasteiger partial charge >= 0.3 is 0 Å². The van der Waals surface area contributed by atoms with Crippen molar-refractivity contribution in [2.45, 2.75) is 39.3 Å². The number of rotatable bonds is 7. The Hall–Kier alpha value is -2.48. The summed E-state index contributed by atoms with van der Waals surface area (Å²) in [4.78, 5) is 22.7. The maximum Gasteiger partial charge on any atom is 0.222 e. The molecule has 140 valence electrons. The molecule has 3 heterocycles. The third kappa shape index (κ3) is 4.19. The SMILES string of the molecule is COCc1cc(N2CCC(c3[nH]ncc3CNC(=O)C(C)C)C2)ncn1. The van der Waals surface area contributed by atoms with Crippen molar-refractivity contribution in [3.8, 4) is 0 Å². The molecule has 1 atom stereocenters. The maximum atomic E-state index is 11.8. The average molecular weight is 358 g/mol. The van der Waals surface area contributed by atoms with Crippen molar-refractivity contribution >= 4 is 11.7 Å². The Morgan fingerprint density at radius 3 is 3.08 bits per heavy atom. The number of aromatic nitrogens is 4. The zero-order valence-corrected chi connectivity index (χ0v) is 15.5. The van der Waals surface area contributed by atoms with Gasteiger partial charge in [-0.25, -0.2) is 9.97 Å². The standard InChI is InChI=1S/C18H26N6O2/c1-12(2)18(25)19-7-14-8-22-23-17(14)13-4-5-24(9-13)16-6-15(10-26-3)20-11-21-16/h6,8,11-13H,4-5,7,9-10H2,1-3H3,(H,19,25)(H,22,23). The molecule has 1 amide bonds. The van der Waals surface area contributed by atoms with Gasteiger partial charge in [-0.1, -0.05) is 13.8 Å². The van der Waals surface area contributed by atoms with Crippen molar-refractivity contribution in [3.63, 3.8) is 0 Å². The van der Waals surface area contributed by atoms with Crippen LogP contribution in [0.1, 0.15) is 43.1 Å². The fraction of sp³-hybridized carbons (Fsp3) is 0.556. The van der Waals surface area contributed by atoms with E-state index in [1.54, 1.807) is 19.6 Å². The van der Waals surface area contributed by atoms with Gasteiger partial charge in [-0.3, -0.25) is 9.89 Å². The van der Waals surface area contributed by atoms with Crippen LogP contribution in [0.25, 0.3) is 0 Å². The molecule has 0 bridgehead atoms. The monoisotopic (exact) mass is 358 g/mol. The molecule has 0 aliphatic carbocycles. The molecule has 1 fully saturated rings. The van der Waals surface area contributed by atoms with Gasteiger partial charge in [0, 0.05) is 55.9 Å². The highest BCUT2D eigenvalue weighted by Crippen LogP contribution is 2.30. The molecule has 1 saturated heterocycles. The van der Waals surface area contributed by atoms with Crippen LogP contribution in [0.5, 0.6) is 0 Å². The maximum absolute atomic E-state index is 11.8. The van der Waals surface area contributed by atoms with E-state index in [4.69, 9.17) is 4.74 Å². The number of nitrogens with one attached hydrogen (secondary N) is 2. The van der Waals surface area contributed by atoms with E-state index in [2.05, 4.69) is 30.4 Å². The van der Waals surface area contributed by atoms with E-state index >= 15 is 0 Å². The van der Waals surface area contributed by atoms with Crippen molar-refractivity contribution in [3.05, 3.63) is 35.5 Å². The van der Waals surface area contributed by atoms with Crippen LogP contribution >= 0.6 is 0 Å². The first-order valence-corrected chi connectivity index (χ1v) is 8.93. The number of anilines is 1. The summed E-state index contributed by atoms with van der Waals surface area (Å²) < 4.78 is 5.15. The second-order valence-corrected chi connectivity index (χ2v) is 6.91. The van der Waals surface area contributed by atoms with Gasteiger partial charge in [0.2, 0.25) is 5.91 Å². The number of hydrogen-bond acceptors (Lipinski definition) is 6. The van der Waals surface area contributed by atoms with E-state index in [9.17, 15) is 4.79 Å². The molecule has 2 N–H and O–H groups in total. The Kier molecular flexibility index (Phi) is 5.82. The molecule has 0 aromatic carbocycles. The minimum atomic E-state index is -0.0219. The molecule has 8 nitrogen and oxygen atoms in total. The van der Waals surface area contributed by atoms with E-state index < -0.39 is 0 Å². The third-order valence-electron chi connectivity index (χ3n) is 4.65. The number of nitrogens with zero attached hydrogens (tertiary/aromatic N) is 4. The molecule has 3 rings (SSSR count). The van der Waals surface area contributed by atoms with Gasteiger partial charge in [-0.05, 0) is 6.42 Å². The number of aromatic amines is 1. The number of amides is 1. The number of ether oxygens (including phenoxy) is 1. The number of methoxy groups -OCH3 is 1. The summed E-state index contributed by atoms with van der Waals surface area (Å²) >= 11 is 0. The molecule has 1 unspecified atom stereocenters. The second kappa shape index (κ2) is 8.27. The van der Waals surface area contributed by atoms with Crippen LogP contribution in [-0.2, 0) is 22.7 Å². The molecule has 0 radical (unpaired) electrons. The normalized spacial score (nSPS) is 17.1. The summed E-state index contributed by atoms with van der Waals surface area (Å²) in [6, 6.07) is 1.97. The summed E-state index contributed by atoms with van der Waals surface area (Å²) in [5.41, 5.74) is 3.02. The number of hydrogen-bond donors (Lipinski definition) is 2. The van der Waals surface area contributed by atoms with Crippen molar-refractivity contribution < 1.29 is 9.53 Å². The predicted molar refractivity (Wildman–Crippen MR) is 97.6 cm³/mol. The summed E-state index contributed by atoms with van der Waals surface area (Å²) in [6.45, 7) is 6.54. The van der Waals surface area contributed by atoms with Gasteiger partial charge < -0.3 is 15.0 Å². The van der Waals surface area contributed by atoms with Crippen LogP contribution in [0.2, 0.25) is 0 Å². The summed E-state index contributed by atoms with van der Waals surface area (Å²) in [5.74, 6) is 1.29. The Balaban J connectivity index is 1.65. The second-order valence-electron chi connectivity index (χ2n) is 6.91. The quantitative estimate of drug-likeness (QED) is 0.781. The highest BCUT2D eigenvalue weighted by molar-refractivity contribution is 5.77. The molecule has 8 heteroatoms. The Bertz CT molecular complexity index is 745. The molecule has 1 aliphatic rings. The van der Waals surface area contributed by atoms with E-state index in [1.165, 1.54) is 0 Å². The molecule has 2 aromatic heterocycles. The van der Waals surface area contributed by atoms with Gasteiger partial charge in [0.15, 0.2) is 0 Å².